The lowest BCUT2D eigenvalue weighted by molar-refractivity contribution is -0.138. The van der Waals surface area contributed by atoms with E-state index in [2.05, 4.69) is 20.6 Å². The largest absolute Gasteiger partial charge is 0.416 e. The molecule has 0 radical (unpaired) electrons. The van der Waals surface area contributed by atoms with Crippen LogP contribution in [0.4, 0.5) is 36.4 Å². The quantitative estimate of drug-likeness (QED) is 0.811. The van der Waals surface area contributed by atoms with Crippen molar-refractivity contribution >= 4 is 23.3 Å². The molecule has 1 heterocycles. The minimum atomic E-state index is -4.40. The Kier molecular flexibility index (Phi) is 3.88. The summed E-state index contributed by atoms with van der Waals surface area (Å²) in [4.78, 5) is 7.83. The van der Waals surface area contributed by atoms with Crippen molar-refractivity contribution in [3.63, 3.8) is 0 Å². The van der Waals surface area contributed by atoms with Crippen LogP contribution in [0, 0.1) is 6.92 Å². The molecule has 21 heavy (non-hydrogen) atoms. The number of nitrogens with two attached hydrogens (primary N) is 1. The minimum Gasteiger partial charge on any atom is -0.373 e. The van der Waals surface area contributed by atoms with Gasteiger partial charge in [-0.05, 0) is 24.6 Å². The van der Waals surface area contributed by atoms with E-state index in [-0.39, 0.29) is 17.2 Å². The van der Waals surface area contributed by atoms with Gasteiger partial charge in [-0.2, -0.15) is 23.1 Å². The first-order valence-corrected chi connectivity index (χ1v) is 6.07. The number of benzene rings is 1. The molecule has 2 aromatic rings. The number of alkyl halides is 3. The molecular formula is C13H14F3N5. The van der Waals surface area contributed by atoms with E-state index in [0.29, 0.717) is 11.6 Å². The Hall–Kier alpha value is -2.51. The van der Waals surface area contributed by atoms with E-state index in [1.165, 1.54) is 13.0 Å². The summed E-state index contributed by atoms with van der Waals surface area (Å²) in [7, 11) is 1.65. The molecule has 0 saturated heterocycles. The van der Waals surface area contributed by atoms with Crippen LogP contribution in [0.3, 0.4) is 0 Å². The number of rotatable bonds is 3. The summed E-state index contributed by atoms with van der Waals surface area (Å²) in [5.74, 6) is 0.796. The fourth-order valence-electron chi connectivity index (χ4n) is 1.81. The van der Waals surface area contributed by atoms with Gasteiger partial charge in [0.2, 0.25) is 5.95 Å². The molecule has 0 spiro atoms. The summed E-state index contributed by atoms with van der Waals surface area (Å²) >= 11 is 0. The van der Waals surface area contributed by atoms with E-state index in [9.17, 15) is 13.2 Å². The van der Waals surface area contributed by atoms with Gasteiger partial charge in [-0.1, -0.05) is 6.07 Å². The smallest absolute Gasteiger partial charge is 0.373 e. The molecular weight excluding hydrogens is 283 g/mol. The second-order valence-electron chi connectivity index (χ2n) is 4.40. The number of aromatic nitrogens is 2. The van der Waals surface area contributed by atoms with Crippen LogP contribution in [0.1, 0.15) is 11.1 Å². The van der Waals surface area contributed by atoms with Crippen molar-refractivity contribution in [3.8, 4) is 0 Å². The van der Waals surface area contributed by atoms with Gasteiger partial charge < -0.3 is 16.4 Å². The fraction of sp³-hybridized carbons (Fsp3) is 0.231. The maximum Gasteiger partial charge on any atom is 0.416 e. The maximum atomic E-state index is 12.9. The molecule has 2 rings (SSSR count). The van der Waals surface area contributed by atoms with Gasteiger partial charge in [0.05, 0.1) is 5.56 Å². The van der Waals surface area contributed by atoms with Crippen molar-refractivity contribution in [3.05, 3.63) is 35.4 Å². The molecule has 0 aliphatic rings. The van der Waals surface area contributed by atoms with Crippen LogP contribution in [0.2, 0.25) is 0 Å². The monoisotopic (exact) mass is 297 g/mol. The van der Waals surface area contributed by atoms with Crippen LogP contribution in [-0.4, -0.2) is 17.0 Å². The zero-order valence-electron chi connectivity index (χ0n) is 11.4. The number of nitrogens with one attached hydrogen (secondary N) is 2. The second-order valence-corrected chi connectivity index (χ2v) is 4.40. The van der Waals surface area contributed by atoms with Crippen LogP contribution in [0.15, 0.2) is 24.3 Å². The lowest BCUT2D eigenvalue weighted by Gasteiger charge is -2.13. The number of anilines is 4. The highest BCUT2D eigenvalue weighted by atomic mass is 19.4. The molecule has 0 fully saturated rings. The molecule has 0 aliphatic heterocycles. The number of aryl methyl sites for hydroxylation is 1. The van der Waals surface area contributed by atoms with Gasteiger partial charge in [-0.3, -0.25) is 0 Å². The Morgan fingerprint density at radius 1 is 1.10 bits per heavy atom. The van der Waals surface area contributed by atoms with Crippen molar-refractivity contribution < 1.29 is 13.2 Å². The summed E-state index contributed by atoms with van der Waals surface area (Å²) in [6.45, 7) is 1.41. The molecule has 5 nitrogen and oxygen atoms in total. The number of nitrogen functional groups attached to an aromatic ring is 1. The third kappa shape index (κ3) is 3.53. The van der Waals surface area contributed by atoms with E-state index in [1.54, 1.807) is 19.2 Å². The average Bonchev–Trinajstić information content (AvgIpc) is 2.39. The Morgan fingerprint density at radius 3 is 2.38 bits per heavy atom. The second kappa shape index (κ2) is 5.47. The van der Waals surface area contributed by atoms with Crippen molar-refractivity contribution in [2.24, 2.45) is 0 Å². The van der Waals surface area contributed by atoms with Gasteiger partial charge in [0.15, 0.2) is 0 Å². The number of nitrogens with zero attached hydrogens (tertiary/aromatic N) is 2. The lowest BCUT2D eigenvalue weighted by Crippen LogP contribution is -2.08. The molecule has 112 valence electrons. The van der Waals surface area contributed by atoms with E-state index in [4.69, 9.17) is 5.73 Å². The number of hydrogen-bond donors (Lipinski definition) is 3. The molecule has 0 bridgehead atoms. The van der Waals surface area contributed by atoms with E-state index < -0.39 is 11.7 Å². The van der Waals surface area contributed by atoms with Crippen LogP contribution in [-0.2, 0) is 6.18 Å². The molecule has 0 saturated carbocycles. The van der Waals surface area contributed by atoms with Crippen LogP contribution < -0.4 is 16.4 Å². The zero-order chi connectivity index (χ0) is 15.6. The summed E-state index contributed by atoms with van der Waals surface area (Å²) in [6.07, 6.45) is -4.40. The molecule has 0 atom stereocenters. The van der Waals surface area contributed by atoms with Crippen molar-refractivity contribution in [2.75, 3.05) is 23.4 Å². The highest BCUT2D eigenvalue weighted by Crippen LogP contribution is 2.34. The van der Waals surface area contributed by atoms with Gasteiger partial charge in [0, 0.05) is 18.8 Å². The van der Waals surface area contributed by atoms with Crippen molar-refractivity contribution in [2.45, 2.75) is 13.1 Å². The normalized spacial score (nSPS) is 11.3. The van der Waals surface area contributed by atoms with Gasteiger partial charge in [-0.15, -0.1) is 0 Å². The Balaban J connectivity index is 2.34. The molecule has 0 amide bonds. The SMILES string of the molecule is CNc1cc(Nc2ccc(C)c(C(F)(F)F)c2)nc(N)n1. The average molecular weight is 297 g/mol. The summed E-state index contributed by atoms with van der Waals surface area (Å²) in [6, 6.07) is 5.52. The molecule has 1 aromatic carbocycles. The Morgan fingerprint density at radius 2 is 1.76 bits per heavy atom. The first kappa shape index (κ1) is 14.9. The van der Waals surface area contributed by atoms with Crippen molar-refractivity contribution in [1.29, 1.82) is 0 Å². The van der Waals surface area contributed by atoms with Crippen LogP contribution in [0.5, 0.6) is 0 Å². The highest BCUT2D eigenvalue weighted by molar-refractivity contribution is 5.62. The van der Waals surface area contributed by atoms with E-state index in [1.807, 2.05) is 0 Å². The molecule has 0 unspecified atom stereocenters. The first-order chi connectivity index (χ1) is 9.79. The molecule has 0 aliphatic carbocycles. The molecule has 4 N–H and O–H groups in total. The highest BCUT2D eigenvalue weighted by Gasteiger charge is 2.32. The third-order valence-corrected chi connectivity index (χ3v) is 2.81. The standard InChI is InChI=1S/C13H14F3N5/c1-7-3-4-8(5-9(7)13(14,15)16)19-11-6-10(18-2)20-12(17)21-11/h3-6H,1-2H3,(H4,17,18,19,20,21). The lowest BCUT2D eigenvalue weighted by atomic mass is 10.1. The topological polar surface area (TPSA) is 75.9 Å². The van der Waals surface area contributed by atoms with E-state index in [0.717, 1.165) is 6.07 Å². The summed E-state index contributed by atoms with van der Waals surface area (Å²) in [5.41, 5.74) is 5.27. The molecule has 8 heteroatoms. The third-order valence-electron chi connectivity index (χ3n) is 2.81. The minimum absolute atomic E-state index is 0.0208. The summed E-state index contributed by atoms with van der Waals surface area (Å²) in [5, 5.41) is 5.58. The van der Waals surface area contributed by atoms with Gasteiger partial charge >= 0.3 is 6.18 Å². The first-order valence-electron chi connectivity index (χ1n) is 6.07. The van der Waals surface area contributed by atoms with Gasteiger partial charge in [0.25, 0.3) is 0 Å². The van der Waals surface area contributed by atoms with E-state index >= 15 is 0 Å². The Bertz CT molecular complexity index is 655. The zero-order valence-corrected chi connectivity index (χ0v) is 11.4. The van der Waals surface area contributed by atoms with Crippen LogP contribution in [0.25, 0.3) is 0 Å². The summed E-state index contributed by atoms with van der Waals surface area (Å²) < 4.78 is 38.6. The van der Waals surface area contributed by atoms with Crippen LogP contribution >= 0.6 is 0 Å². The fourth-order valence-corrected chi connectivity index (χ4v) is 1.81. The van der Waals surface area contributed by atoms with Gasteiger partial charge in [0.1, 0.15) is 11.6 Å². The predicted molar refractivity (Wildman–Crippen MR) is 75.5 cm³/mol. The number of halogens is 3. The Labute approximate surface area is 119 Å². The van der Waals surface area contributed by atoms with Crippen molar-refractivity contribution in [1.82, 2.24) is 9.97 Å². The van der Waals surface area contributed by atoms with Gasteiger partial charge in [-0.25, -0.2) is 0 Å². The number of hydrogen-bond acceptors (Lipinski definition) is 5. The maximum absolute atomic E-state index is 12.9. The predicted octanol–water partition coefficient (Wildman–Crippen LogP) is 3.17. The molecule has 1 aromatic heterocycles.